The van der Waals surface area contributed by atoms with E-state index in [-0.39, 0.29) is 25.0 Å². The number of nitrogens with zero attached hydrogens (tertiary/aromatic N) is 1. The number of fused-ring (bicyclic) bond motifs is 2. The van der Waals surface area contributed by atoms with Crippen molar-refractivity contribution in [3.63, 3.8) is 0 Å². The van der Waals surface area contributed by atoms with Crippen molar-refractivity contribution in [2.24, 2.45) is 0 Å². The Kier molecular flexibility index (Phi) is 9.70. The van der Waals surface area contributed by atoms with Gasteiger partial charge in [0.05, 0.1) is 6.54 Å². The van der Waals surface area contributed by atoms with Crippen molar-refractivity contribution in [2.75, 3.05) is 13.1 Å². The lowest BCUT2D eigenvalue weighted by Gasteiger charge is -2.30. The Bertz CT molecular complexity index is 1810. The summed E-state index contributed by atoms with van der Waals surface area (Å²) in [7, 11) is 0. The van der Waals surface area contributed by atoms with Gasteiger partial charge in [-0.2, -0.15) is 0 Å². The summed E-state index contributed by atoms with van der Waals surface area (Å²) in [5.41, 5.74) is 3.15. The number of aromatic amines is 1. The zero-order valence-electron chi connectivity index (χ0n) is 26.3. The summed E-state index contributed by atoms with van der Waals surface area (Å²) in [6, 6.07) is 19.1. The molecule has 0 saturated carbocycles. The van der Waals surface area contributed by atoms with E-state index in [0.29, 0.717) is 24.9 Å². The molecule has 0 unspecified atom stereocenters. The summed E-state index contributed by atoms with van der Waals surface area (Å²) in [5.74, 6) is -2.63. The molecule has 3 heterocycles. The van der Waals surface area contributed by atoms with Gasteiger partial charge in [-0.1, -0.05) is 60.7 Å². The number of H-pyrrole nitrogens is 1. The number of carbonyl (C=O) groups is 5. The van der Waals surface area contributed by atoms with Gasteiger partial charge in [0.2, 0.25) is 29.5 Å². The van der Waals surface area contributed by atoms with E-state index in [9.17, 15) is 29.1 Å². The van der Waals surface area contributed by atoms with Gasteiger partial charge < -0.3 is 36.3 Å². The molecule has 2 fully saturated rings. The van der Waals surface area contributed by atoms with Crippen molar-refractivity contribution >= 4 is 40.4 Å². The lowest BCUT2D eigenvalue weighted by Crippen LogP contribution is -2.58. The van der Waals surface area contributed by atoms with Crippen LogP contribution in [0.1, 0.15) is 29.5 Å². The van der Waals surface area contributed by atoms with Crippen molar-refractivity contribution in [1.29, 1.82) is 0 Å². The number of hydrogen-bond acceptors (Lipinski definition) is 6. The second-order valence-corrected chi connectivity index (χ2v) is 12.3. The number of amides is 5. The van der Waals surface area contributed by atoms with E-state index in [1.807, 2.05) is 54.6 Å². The summed E-state index contributed by atoms with van der Waals surface area (Å²) < 4.78 is 0. The fourth-order valence-electron chi connectivity index (χ4n) is 6.44. The first-order valence-corrected chi connectivity index (χ1v) is 16.1. The van der Waals surface area contributed by atoms with Gasteiger partial charge in [-0.3, -0.25) is 24.0 Å². The normalized spacial score (nSPS) is 22.6. The molecular formula is C36H38N6O6. The smallest absolute Gasteiger partial charge is 0.246 e. The molecule has 4 aromatic rings. The van der Waals surface area contributed by atoms with Crippen LogP contribution in [-0.2, 0) is 43.2 Å². The number of benzene rings is 3. The Morgan fingerprint density at radius 2 is 1.35 bits per heavy atom. The largest absolute Gasteiger partial charge is 0.508 e. The Balaban J connectivity index is 1.33. The minimum atomic E-state index is -1.07. The molecule has 248 valence electrons. The van der Waals surface area contributed by atoms with Crippen molar-refractivity contribution in [1.82, 2.24) is 31.2 Å². The summed E-state index contributed by atoms with van der Waals surface area (Å²) in [6.45, 7) is -0.132. The maximum atomic E-state index is 14.0. The second kappa shape index (κ2) is 14.4. The maximum Gasteiger partial charge on any atom is 0.246 e. The molecule has 2 aliphatic heterocycles. The van der Waals surface area contributed by atoms with Crippen molar-refractivity contribution < 1.29 is 29.1 Å². The number of aromatic hydroxyl groups is 1. The average Bonchev–Trinajstić information content (AvgIpc) is 3.75. The van der Waals surface area contributed by atoms with Gasteiger partial charge >= 0.3 is 0 Å². The minimum Gasteiger partial charge on any atom is -0.508 e. The molecule has 1 aromatic heterocycles. The van der Waals surface area contributed by atoms with E-state index in [1.54, 1.807) is 18.3 Å². The summed E-state index contributed by atoms with van der Waals surface area (Å²) in [4.78, 5) is 73.3. The van der Waals surface area contributed by atoms with Crippen LogP contribution < -0.4 is 21.3 Å². The molecule has 0 aliphatic carbocycles. The first-order valence-electron chi connectivity index (χ1n) is 16.1. The minimum absolute atomic E-state index is 0.0607. The maximum absolute atomic E-state index is 14.0. The van der Waals surface area contributed by atoms with Gasteiger partial charge in [0.1, 0.15) is 29.9 Å². The molecule has 2 saturated heterocycles. The fraction of sp³-hybridized carbons (Fsp3) is 0.306. The van der Waals surface area contributed by atoms with Gasteiger partial charge in [-0.25, -0.2) is 0 Å². The van der Waals surface area contributed by atoms with Crippen LogP contribution in [0.3, 0.4) is 0 Å². The molecule has 4 atom stereocenters. The molecule has 48 heavy (non-hydrogen) atoms. The van der Waals surface area contributed by atoms with Crippen LogP contribution in [0.2, 0.25) is 0 Å². The van der Waals surface area contributed by atoms with E-state index < -0.39 is 60.2 Å². The van der Waals surface area contributed by atoms with Gasteiger partial charge in [-0.15, -0.1) is 0 Å². The third-order valence-electron chi connectivity index (χ3n) is 8.92. The third-order valence-corrected chi connectivity index (χ3v) is 8.92. The topological polar surface area (TPSA) is 173 Å². The van der Waals surface area contributed by atoms with Gasteiger partial charge in [0.15, 0.2) is 0 Å². The zero-order valence-corrected chi connectivity index (χ0v) is 26.3. The first-order chi connectivity index (χ1) is 23.2. The molecule has 6 N–H and O–H groups in total. The lowest BCUT2D eigenvalue weighted by atomic mass is 10.0. The van der Waals surface area contributed by atoms with Crippen LogP contribution in [0.25, 0.3) is 10.9 Å². The van der Waals surface area contributed by atoms with E-state index >= 15 is 0 Å². The average molecular weight is 651 g/mol. The predicted octanol–water partition coefficient (Wildman–Crippen LogP) is 1.48. The summed E-state index contributed by atoms with van der Waals surface area (Å²) in [5, 5.41) is 21.7. The number of phenolic OH excluding ortho intramolecular Hbond substituents is 1. The monoisotopic (exact) mass is 650 g/mol. The Morgan fingerprint density at radius 3 is 2.15 bits per heavy atom. The molecule has 3 aromatic carbocycles. The quantitative estimate of drug-likeness (QED) is 0.185. The molecular weight excluding hydrogens is 612 g/mol. The van der Waals surface area contributed by atoms with Crippen molar-refractivity contribution in [3.8, 4) is 5.75 Å². The van der Waals surface area contributed by atoms with Crippen LogP contribution >= 0.6 is 0 Å². The number of rotatable bonds is 6. The van der Waals surface area contributed by atoms with Crippen LogP contribution in [0.5, 0.6) is 5.75 Å². The molecule has 2 aliphatic rings. The van der Waals surface area contributed by atoms with Crippen molar-refractivity contribution in [2.45, 2.75) is 56.3 Å². The Labute approximate surface area is 277 Å². The fourth-order valence-corrected chi connectivity index (χ4v) is 6.44. The van der Waals surface area contributed by atoms with E-state index in [2.05, 4.69) is 26.3 Å². The highest BCUT2D eigenvalue weighted by Gasteiger charge is 2.39. The molecule has 0 bridgehead atoms. The predicted molar refractivity (Wildman–Crippen MR) is 177 cm³/mol. The molecule has 12 nitrogen and oxygen atoms in total. The number of aromatic nitrogens is 1. The van der Waals surface area contributed by atoms with Crippen LogP contribution in [0.15, 0.2) is 85.1 Å². The van der Waals surface area contributed by atoms with Crippen LogP contribution in [0, 0.1) is 0 Å². The number of carbonyl (C=O) groups excluding carboxylic acids is 5. The van der Waals surface area contributed by atoms with E-state index in [4.69, 9.17) is 0 Å². The lowest BCUT2D eigenvalue weighted by molar-refractivity contribution is -0.142. The van der Waals surface area contributed by atoms with Crippen molar-refractivity contribution in [3.05, 3.63) is 102 Å². The first kappa shape index (κ1) is 32.3. The Hall–Kier alpha value is -5.65. The number of hydrogen-bond donors (Lipinski definition) is 6. The van der Waals surface area contributed by atoms with Gasteiger partial charge in [-0.05, 0) is 47.7 Å². The molecule has 5 amide bonds. The highest BCUT2D eigenvalue weighted by atomic mass is 16.3. The summed E-state index contributed by atoms with van der Waals surface area (Å²) >= 11 is 0. The zero-order chi connectivity index (χ0) is 33.6. The Morgan fingerprint density at radius 1 is 0.688 bits per heavy atom. The standard InChI is InChI=1S/C36H38N6O6/c43-25-14-12-23(13-15-25)18-30-36(48)42-16-6-11-31(42)35(47)41-29(19-24-20-37-27-10-5-4-9-26(24)27)34(46)40-28(17-22-7-2-1-3-8-22)33(45)38-21-32(44)39-30/h1-5,7-10,12-15,20,28-31,37,43H,6,11,16-19,21H2,(H,38,45)(H,39,44)(H,40,46)(H,41,47)/t28-,29+,30-,31-/m0/s1. The summed E-state index contributed by atoms with van der Waals surface area (Å²) in [6.07, 6.45) is 3.12. The molecule has 0 spiro atoms. The van der Waals surface area contributed by atoms with Gasteiger partial charge in [0.25, 0.3) is 0 Å². The third kappa shape index (κ3) is 7.49. The van der Waals surface area contributed by atoms with Crippen LogP contribution in [0.4, 0.5) is 0 Å². The molecule has 0 radical (unpaired) electrons. The van der Waals surface area contributed by atoms with E-state index in [0.717, 1.165) is 22.0 Å². The molecule has 12 heteroatoms. The number of nitrogens with one attached hydrogen (secondary N) is 5. The van der Waals surface area contributed by atoms with Crippen LogP contribution in [-0.4, -0.2) is 81.8 Å². The van der Waals surface area contributed by atoms with E-state index in [1.165, 1.54) is 17.0 Å². The molecule has 6 rings (SSSR count). The highest BCUT2D eigenvalue weighted by molar-refractivity contribution is 5.98. The van der Waals surface area contributed by atoms with Gasteiger partial charge in [0, 0.05) is 42.9 Å². The number of para-hydroxylation sites is 1. The highest BCUT2D eigenvalue weighted by Crippen LogP contribution is 2.23. The number of phenols is 1. The second-order valence-electron chi connectivity index (χ2n) is 12.3. The SMILES string of the molecule is O=C1CNC(=O)[C@H](Cc2ccccc2)NC(=O)[C@@H](Cc2c[nH]c3ccccc23)NC(=O)[C@@H]2CCCN2C(=O)[C@H](Cc2ccc(O)cc2)N1.